The average Bonchev–Trinajstić information content (AvgIpc) is 3.44. The van der Waals surface area contributed by atoms with E-state index in [1.807, 2.05) is 25.7 Å². The van der Waals surface area contributed by atoms with E-state index in [-0.39, 0.29) is 35.9 Å². The molecule has 0 aromatic carbocycles. The molecule has 222 valence electrons. The van der Waals surface area contributed by atoms with Gasteiger partial charge in [-0.25, -0.2) is 13.9 Å². The van der Waals surface area contributed by atoms with Crippen LogP contribution in [0.5, 0.6) is 0 Å². The molecule has 2 fully saturated rings. The number of halogens is 1. The van der Waals surface area contributed by atoms with Crippen molar-refractivity contribution in [3.63, 3.8) is 0 Å². The number of amides is 1. The lowest BCUT2D eigenvalue weighted by Crippen LogP contribution is -2.60. The summed E-state index contributed by atoms with van der Waals surface area (Å²) in [4.78, 5) is 32.1. The summed E-state index contributed by atoms with van der Waals surface area (Å²) >= 11 is 0. The van der Waals surface area contributed by atoms with Crippen LogP contribution in [-0.4, -0.2) is 84.5 Å². The summed E-state index contributed by atoms with van der Waals surface area (Å²) in [5, 5.41) is 21.8. The van der Waals surface area contributed by atoms with Gasteiger partial charge >= 0.3 is 11.8 Å². The van der Waals surface area contributed by atoms with Crippen LogP contribution in [-0.2, 0) is 16.0 Å². The smallest absolute Gasteiger partial charge is 0.410 e. The molecule has 0 aliphatic carbocycles. The maximum Gasteiger partial charge on any atom is 0.410 e. The van der Waals surface area contributed by atoms with Crippen LogP contribution in [0.1, 0.15) is 60.1 Å². The van der Waals surface area contributed by atoms with Gasteiger partial charge in [-0.3, -0.25) is 19.8 Å². The van der Waals surface area contributed by atoms with E-state index in [2.05, 4.69) is 10.1 Å². The molecule has 0 spiro atoms. The van der Waals surface area contributed by atoms with Crippen molar-refractivity contribution in [1.82, 2.24) is 29.4 Å². The first kappa shape index (κ1) is 28.7. The zero-order valence-electron chi connectivity index (χ0n) is 24.3. The van der Waals surface area contributed by atoms with Gasteiger partial charge in [0.05, 0.1) is 34.1 Å². The summed E-state index contributed by atoms with van der Waals surface area (Å²) in [5.41, 5.74) is -1.37. The van der Waals surface area contributed by atoms with Gasteiger partial charge in [0.2, 0.25) is 0 Å². The fraction of sp³-hybridized carbons (Fsp3) is 0.630. The molecule has 3 aromatic rings. The quantitative estimate of drug-likeness (QED) is 0.292. The lowest BCUT2D eigenvalue weighted by molar-refractivity contribution is -0.384. The number of anilines is 1. The molecule has 0 N–H and O–H groups in total. The van der Waals surface area contributed by atoms with Crippen molar-refractivity contribution >= 4 is 28.5 Å². The number of carbonyl (C=O) groups excluding carboxylic acids is 1. The fourth-order valence-electron chi connectivity index (χ4n) is 5.03. The zero-order valence-corrected chi connectivity index (χ0v) is 24.3. The summed E-state index contributed by atoms with van der Waals surface area (Å²) in [6.07, 6.45) is 4.81. The van der Waals surface area contributed by atoms with Crippen LogP contribution in [0.3, 0.4) is 0 Å². The van der Waals surface area contributed by atoms with Crippen molar-refractivity contribution in [3.05, 3.63) is 28.6 Å². The predicted octanol–water partition coefficient (Wildman–Crippen LogP) is 4.71. The minimum atomic E-state index is -1.57. The lowest BCUT2D eigenvalue weighted by atomic mass is 10.1. The maximum atomic E-state index is 14.8. The number of ether oxygens (including phenoxy) is 2. The molecule has 1 unspecified atom stereocenters. The Labute approximate surface area is 237 Å². The van der Waals surface area contributed by atoms with Crippen LogP contribution in [0.15, 0.2) is 18.5 Å². The summed E-state index contributed by atoms with van der Waals surface area (Å²) < 4.78 is 29.1. The van der Waals surface area contributed by atoms with Gasteiger partial charge in [-0.2, -0.15) is 10.2 Å². The van der Waals surface area contributed by atoms with Gasteiger partial charge in [-0.1, -0.05) is 0 Å². The highest BCUT2D eigenvalue weighted by Gasteiger charge is 2.37. The number of rotatable bonds is 7. The highest BCUT2D eigenvalue weighted by molar-refractivity contribution is 5.93. The number of nitro groups is 1. The topological polar surface area (TPSA) is 134 Å². The molecule has 5 heterocycles. The van der Waals surface area contributed by atoms with E-state index in [0.29, 0.717) is 42.8 Å². The van der Waals surface area contributed by atoms with Crippen molar-refractivity contribution in [2.24, 2.45) is 0 Å². The number of hydrogen-bond acceptors (Lipinski definition) is 9. The predicted molar refractivity (Wildman–Crippen MR) is 149 cm³/mol. The van der Waals surface area contributed by atoms with Crippen LogP contribution in [0.2, 0.25) is 0 Å². The molecule has 3 aromatic heterocycles. The SMILES string of the molecule is CN(C(=O)OC(C)(C)C)C1CN(c2nn(CC(C)(C)F)c3cc(-c4nn(C5CCCCO5)cc4[N+](=O)[O-])ncc23)C1. The third kappa shape index (κ3) is 6.11. The van der Waals surface area contributed by atoms with E-state index in [1.165, 1.54) is 24.7 Å². The number of alkyl halides is 1. The number of nitrogens with zero attached hydrogens (tertiary/aromatic N) is 8. The first-order valence-corrected chi connectivity index (χ1v) is 13.8. The van der Waals surface area contributed by atoms with E-state index in [9.17, 15) is 19.3 Å². The molecule has 13 nitrogen and oxygen atoms in total. The standard InChI is InChI=1S/C27H37FN8O5/c1-26(2,3)41-25(37)32(6)17-13-33(14-17)24-18-12-29-19(11-20(18)35(31-24)16-27(4,5)28)23-21(36(38)39)15-34(30-23)22-9-7-8-10-40-22/h11-12,15,17,22H,7-10,13-14,16H2,1-6H3. The highest BCUT2D eigenvalue weighted by Crippen LogP contribution is 2.36. The summed E-state index contributed by atoms with van der Waals surface area (Å²) in [6.45, 7) is 9.96. The number of carbonyl (C=O) groups is 1. The number of aromatic nitrogens is 5. The van der Waals surface area contributed by atoms with E-state index < -0.39 is 22.3 Å². The van der Waals surface area contributed by atoms with Crippen LogP contribution in [0.4, 0.5) is 20.7 Å². The number of pyridine rings is 1. The van der Waals surface area contributed by atoms with Gasteiger partial charge < -0.3 is 19.3 Å². The fourth-order valence-corrected chi connectivity index (χ4v) is 5.03. The molecule has 5 rings (SSSR count). The van der Waals surface area contributed by atoms with Gasteiger partial charge in [-0.15, -0.1) is 0 Å². The Morgan fingerprint density at radius 1 is 1.24 bits per heavy atom. The lowest BCUT2D eigenvalue weighted by Gasteiger charge is -2.44. The largest absolute Gasteiger partial charge is 0.444 e. The van der Waals surface area contributed by atoms with Crippen molar-refractivity contribution in [2.45, 2.75) is 84.0 Å². The Hall–Kier alpha value is -3.81. The number of hydrogen-bond donors (Lipinski definition) is 0. The van der Waals surface area contributed by atoms with Crippen molar-refractivity contribution in [3.8, 4) is 11.4 Å². The Bertz CT molecular complexity index is 1440. The molecule has 2 aliphatic rings. The first-order chi connectivity index (χ1) is 19.2. The number of fused-ring (bicyclic) bond motifs is 1. The van der Waals surface area contributed by atoms with E-state index in [1.54, 1.807) is 28.9 Å². The Kier molecular flexibility index (Phi) is 7.38. The molecule has 2 saturated heterocycles. The maximum absolute atomic E-state index is 14.8. The normalized spacial score (nSPS) is 18.4. The van der Waals surface area contributed by atoms with E-state index in [0.717, 1.165) is 12.8 Å². The van der Waals surface area contributed by atoms with Gasteiger partial charge in [0.15, 0.2) is 11.5 Å². The van der Waals surface area contributed by atoms with E-state index >= 15 is 0 Å². The number of likely N-dealkylation sites (N-methyl/N-ethyl adjacent to an activating group) is 1. The summed E-state index contributed by atoms with van der Waals surface area (Å²) in [5.74, 6) is 0.604. The van der Waals surface area contributed by atoms with Crippen molar-refractivity contribution in [1.29, 1.82) is 0 Å². The summed E-state index contributed by atoms with van der Waals surface area (Å²) in [6, 6.07) is 1.59. The van der Waals surface area contributed by atoms with Crippen LogP contribution >= 0.6 is 0 Å². The molecule has 0 bridgehead atoms. The zero-order chi connectivity index (χ0) is 29.7. The minimum absolute atomic E-state index is 0.0333. The molecular weight excluding hydrogens is 535 g/mol. The van der Waals surface area contributed by atoms with Crippen molar-refractivity contribution < 1.29 is 23.6 Å². The van der Waals surface area contributed by atoms with Gasteiger partial charge in [0.1, 0.15) is 23.7 Å². The molecule has 1 atom stereocenters. The molecule has 41 heavy (non-hydrogen) atoms. The monoisotopic (exact) mass is 572 g/mol. The second-order valence-electron chi connectivity index (χ2n) is 12.4. The van der Waals surface area contributed by atoms with Gasteiger partial charge in [0.25, 0.3) is 0 Å². The van der Waals surface area contributed by atoms with E-state index in [4.69, 9.17) is 14.6 Å². The van der Waals surface area contributed by atoms with Crippen LogP contribution in [0.25, 0.3) is 22.3 Å². The van der Waals surface area contributed by atoms with Crippen LogP contribution < -0.4 is 4.90 Å². The molecule has 14 heteroatoms. The molecular formula is C27H37FN8O5. The molecule has 0 radical (unpaired) electrons. The van der Waals surface area contributed by atoms with Crippen molar-refractivity contribution in [2.75, 3.05) is 31.6 Å². The first-order valence-electron chi connectivity index (χ1n) is 13.8. The third-order valence-electron chi connectivity index (χ3n) is 7.14. The van der Waals surface area contributed by atoms with Gasteiger partial charge in [0, 0.05) is 32.9 Å². The Morgan fingerprint density at radius 3 is 2.59 bits per heavy atom. The Balaban J connectivity index is 1.46. The Morgan fingerprint density at radius 2 is 1.98 bits per heavy atom. The average molecular weight is 573 g/mol. The second-order valence-corrected chi connectivity index (χ2v) is 12.4. The highest BCUT2D eigenvalue weighted by atomic mass is 19.1. The molecule has 1 amide bonds. The second kappa shape index (κ2) is 10.5. The minimum Gasteiger partial charge on any atom is -0.444 e. The molecule has 0 saturated carbocycles. The van der Waals surface area contributed by atoms with Gasteiger partial charge in [-0.05, 0) is 59.9 Å². The molecule has 2 aliphatic heterocycles. The third-order valence-corrected chi connectivity index (χ3v) is 7.14. The summed E-state index contributed by atoms with van der Waals surface area (Å²) in [7, 11) is 1.70. The van der Waals surface area contributed by atoms with Crippen LogP contribution in [0, 0.1) is 10.1 Å².